The molecule has 0 aliphatic rings. The summed E-state index contributed by atoms with van der Waals surface area (Å²) in [4.78, 5) is 11.7. The molecule has 0 unspecified atom stereocenters. The predicted octanol–water partition coefficient (Wildman–Crippen LogP) is 2.60. The standard InChI is InChI=1S/C10H16ClN3OS/c1-6(2)10(3,4)5-12-7(15)8-13-14-9(11)16-8/h6H,5H2,1-4H3,(H,12,15). The second kappa shape index (κ2) is 5.10. The van der Waals surface area contributed by atoms with Crippen molar-refractivity contribution in [3.05, 3.63) is 9.47 Å². The lowest BCUT2D eigenvalue weighted by molar-refractivity contribution is 0.0923. The van der Waals surface area contributed by atoms with Gasteiger partial charge in [0.05, 0.1) is 0 Å². The molecule has 0 spiro atoms. The summed E-state index contributed by atoms with van der Waals surface area (Å²) in [5.74, 6) is 0.281. The zero-order valence-electron chi connectivity index (χ0n) is 9.87. The van der Waals surface area contributed by atoms with Gasteiger partial charge in [0.25, 0.3) is 5.91 Å². The van der Waals surface area contributed by atoms with E-state index in [4.69, 9.17) is 11.6 Å². The van der Waals surface area contributed by atoms with Crippen LogP contribution >= 0.6 is 22.9 Å². The van der Waals surface area contributed by atoms with E-state index in [2.05, 4.69) is 43.2 Å². The first kappa shape index (κ1) is 13.4. The fourth-order valence-electron chi connectivity index (χ4n) is 0.885. The maximum Gasteiger partial charge on any atom is 0.282 e. The number of nitrogens with one attached hydrogen (secondary N) is 1. The van der Waals surface area contributed by atoms with E-state index in [9.17, 15) is 4.79 Å². The zero-order chi connectivity index (χ0) is 12.3. The van der Waals surface area contributed by atoms with Gasteiger partial charge in [-0.2, -0.15) is 0 Å². The van der Waals surface area contributed by atoms with Gasteiger partial charge in [-0.3, -0.25) is 4.79 Å². The molecule has 1 N–H and O–H groups in total. The molecular formula is C10H16ClN3OS. The average Bonchev–Trinajstić information content (AvgIpc) is 2.61. The zero-order valence-corrected chi connectivity index (χ0v) is 11.4. The molecule has 1 aromatic heterocycles. The number of rotatable bonds is 4. The molecule has 1 heterocycles. The Balaban J connectivity index is 2.54. The maximum absolute atomic E-state index is 11.7. The summed E-state index contributed by atoms with van der Waals surface area (Å²) in [5.41, 5.74) is 0.0597. The van der Waals surface area contributed by atoms with Crippen molar-refractivity contribution in [2.45, 2.75) is 27.7 Å². The predicted molar refractivity (Wildman–Crippen MR) is 65.9 cm³/mol. The summed E-state index contributed by atoms with van der Waals surface area (Å²) >= 11 is 6.70. The summed E-state index contributed by atoms with van der Waals surface area (Å²) < 4.78 is 0.285. The van der Waals surface area contributed by atoms with Gasteiger partial charge < -0.3 is 5.32 Å². The van der Waals surface area contributed by atoms with E-state index < -0.39 is 0 Å². The van der Waals surface area contributed by atoms with Crippen LogP contribution in [0.25, 0.3) is 0 Å². The number of nitrogens with zero attached hydrogens (tertiary/aromatic N) is 2. The summed E-state index contributed by atoms with van der Waals surface area (Å²) in [6, 6.07) is 0. The number of hydrogen-bond donors (Lipinski definition) is 1. The van der Waals surface area contributed by atoms with Gasteiger partial charge in [-0.05, 0) is 22.9 Å². The molecule has 0 aromatic carbocycles. The highest BCUT2D eigenvalue weighted by Gasteiger charge is 2.23. The molecule has 0 aliphatic heterocycles. The van der Waals surface area contributed by atoms with Crippen LogP contribution in [0.5, 0.6) is 0 Å². The van der Waals surface area contributed by atoms with E-state index in [1.165, 1.54) is 0 Å². The normalized spacial score (nSPS) is 11.9. The van der Waals surface area contributed by atoms with Crippen LogP contribution in [0.4, 0.5) is 0 Å². The van der Waals surface area contributed by atoms with Crippen LogP contribution in [0.1, 0.15) is 37.5 Å². The molecule has 0 radical (unpaired) electrons. The first-order chi connectivity index (χ1) is 7.33. The Labute approximate surface area is 104 Å². The smallest absolute Gasteiger partial charge is 0.282 e. The first-order valence-electron chi connectivity index (χ1n) is 5.10. The molecule has 0 aliphatic carbocycles. The minimum Gasteiger partial charge on any atom is -0.349 e. The molecule has 1 aromatic rings. The number of carbonyl (C=O) groups excluding carboxylic acids is 1. The lowest BCUT2D eigenvalue weighted by atomic mass is 9.81. The third-order valence-corrected chi connectivity index (χ3v) is 3.88. The third kappa shape index (κ3) is 3.42. The monoisotopic (exact) mass is 261 g/mol. The molecule has 0 saturated carbocycles. The fourth-order valence-corrected chi connectivity index (χ4v) is 1.63. The van der Waals surface area contributed by atoms with Crippen LogP contribution in [0.2, 0.25) is 4.47 Å². The minimum atomic E-state index is -0.210. The van der Waals surface area contributed by atoms with Crippen molar-refractivity contribution >= 4 is 28.8 Å². The van der Waals surface area contributed by atoms with Crippen molar-refractivity contribution in [1.29, 1.82) is 0 Å². The SMILES string of the molecule is CC(C)C(C)(C)CNC(=O)c1nnc(Cl)s1. The highest BCUT2D eigenvalue weighted by atomic mass is 35.5. The van der Waals surface area contributed by atoms with Gasteiger partial charge >= 0.3 is 0 Å². The van der Waals surface area contributed by atoms with Gasteiger partial charge in [0.2, 0.25) is 9.47 Å². The van der Waals surface area contributed by atoms with E-state index in [0.29, 0.717) is 17.5 Å². The Hall–Kier alpha value is -0.680. The van der Waals surface area contributed by atoms with Crippen molar-refractivity contribution < 1.29 is 4.79 Å². The maximum atomic E-state index is 11.7. The molecule has 0 bridgehead atoms. The quantitative estimate of drug-likeness (QED) is 0.906. The number of aromatic nitrogens is 2. The summed E-state index contributed by atoms with van der Waals surface area (Å²) in [5, 5.41) is 10.4. The van der Waals surface area contributed by atoms with Gasteiger partial charge in [-0.15, -0.1) is 10.2 Å². The van der Waals surface area contributed by atoms with E-state index in [-0.39, 0.29) is 15.8 Å². The van der Waals surface area contributed by atoms with E-state index in [0.717, 1.165) is 11.3 Å². The largest absolute Gasteiger partial charge is 0.349 e. The van der Waals surface area contributed by atoms with Crippen molar-refractivity contribution in [2.24, 2.45) is 11.3 Å². The van der Waals surface area contributed by atoms with Crippen LogP contribution in [0, 0.1) is 11.3 Å². The summed E-state index contributed by atoms with van der Waals surface area (Å²) in [6.45, 7) is 9.11. The molecule has 1 amide bonds. The van der Waals surface area contributed by atoms with Gasteiger partial charge in [-0.1, -0.05) is 39.0 Å². The molecule has 16 heavy (non-hydrogen) atoms. The summed E-state index contributed by atoms with van der Waals surface area (Å²) in [6.07, 6.45) is 0. The van der Waals surface area contributed by atoms with Crippen molar-refractivity contribution in [3.8, 4) is 0 Å². The third-order valence-electron chi connectivity index (χ3n) is 2.86. The van der Waals surface area contributed by atoms with Gasteiger partial charge in [0.1, 0.15) is 0 Å². The van der Waals surface area contributed by atoms with Crippen LogP contribution in [0.15, 0.2) is 0 Å². The fraction of sp³-hybridized carbons (Fsp3) is 0.700. The molecule has 1 rings (SSSR count). The second-order valence-electron chi connectivity index (χ2n) is 4.69. The first-order valence-corrected chi connectivity index (χ1v) is 6.29. The Kier molecular flexibility index (Phi) is 4.27. The van der Waals surface area contributed by atoms with E-state index >= 15 is 0 Å². The van der Waals surface area contributed by atoms with Crippen molar-refractivity contribution in [1.82, 2.24) is 15.5 Å². The minimum absolute atomic E-state index is 0.0597. The molecule has 4 nitrogen and oxygen atoms in total. The lowest BCUT2D eigenvalue weighted by Crippen LogP contribution is -2.36. The highest BCUT2D eigenvalue weighted by molar-refractivity contribution is 7.17. The van der Waals surface area contributed by atoms with Crippen molar-refractivity contribution in [2.75, 3.05) is 6.54 Å². The van der Waals surface area contributed by atoms with Crippen LogP contribution in [-0.4, -0.2) is 22.6 Å². The molecule has 6 heteroatoms. The summed E-state index contributed by atoms with van der Waals surface area (Å²) in [7, 11) is 0. The van der Waals surface area contributed by atoms with Gasteiger partial charge in [0, 0.05) is 6.54 Å². The Bertz CT molecular complexity index is 376. The van der Waals surface area contributed by atoms with Crippen LogP contribution in [0.3, 0.4) is 0 Å². The highest BCUT2D eigenvalue weighted by Crippen LogP contribution is 2.25. The van der Waals surface area contributed by atoms with E-state index in [1.807, 2.05) is 0 Å². The van der Waals surface area contributed by atoms with E-state index in [1.54, 1.807) is 0 Å². The number of halogens is 1. The van der Waals surface area contributed by atoms with Gasteiger partial charge in [0.15, 0.2) is 0 Å². The Morgan fingerprint density at radius 3 is 2.56 bits per heavy atom. The molecule has 90 valence electrons. The Morgan fingerprint density at radius 2 is 2.12 bits per heavy atom. The average molecular weight is 262 g/mol. The molecular weight excluding hydrogens is 246 g/mol. The number of amides is 1. The molecule has 0 saturated heterocycles. The molecule has 0 fully saturated rings. The topological polar surface area (TPSA) is 54.9 Å². The van der Waals surface area contributed by atoms with Crippen LogP contribution < -0.4 is 5.32 Å². The molecule has 0 atom stereocenters. The number of carbonyl (C=O) groups is 1. The van der Waals surface area contributed by atoms with Crippen molar-refractivity contribution in [3.63, 3.8) is 0 Å². The lowest BCUT2D eigenvalue weighted by Gasteiger charge is -2.29. The van der Waals surface area contributed by atoms with Gasteiger partial charge in [-0.25, -0.2) is 0 Å². The van der Waals surface area contributed by atoms with Crippen LogP contribution in [-0.2, 0) is 0 Å². The Morgan fingerprint density at radius 1 is 1.50 bits per heavy atom. The number of hydrogen-bond acceptors (Lipinski definition) is 4. The second-order valence-corrected chi connectivity index (χ2v) is 6.25.